The van der Waals surface area contributed by atoms with E-state index >= 15 is 0 Å². The minimum atomic E-state index is -0.287. The van der Waals surface area contributed by atoms with Crippen LogP contribution in [0.1, 0.15) is 32.1 Å². The fourth-order valence-corrected chi connectivity index (χ4v) is 1.72. The van der Waals surface area contributed by atoms with Gasteiger partial charge in [-0.05, 0) is 24.1 Å². The second kappa shape index (κ2) is 4.26. The van der Waals surface area contributed by atoms with Crippen molar-refractivity contribution in [1.82, 2.24) is 0 Å². The Labute approximate surface area is 94.2 Å². The van der Waals surface area contributed by atoms with Crippen molar-refractivity contribution in [2.75, 3.05) is 0 Å². The molecule has 3 heteroatoms. The van der Waals surface area contributed by atoms with Crippen LogP contribution in [0.2, 0.25) is 0 Å². The normalized spacial score (nSPS) is 15.2. The highest BCUT2D eigenvalue weighted by Crippen LogP contribution is 2.28. The predicted molar refractivity (Wildman–Crippen MR) is 62.6 cm³/mol. The number of benzene rings is 1. The first-order valence-electron chi connectivity index (χ1n) is 5.56. The van der Waals surface area contributed by atoms with E-state index in [1.54, 1.807) is 6.07 Å². The van der Waals surface area contributed by atoms with Crippen LogP contribution < -0.4 is 5.73 Å². The smallest absolute Gasteiger partial charge is 0.137 e. The Morgan fingerprint density at radius 1 is 1.38 bits per heavy atom. The topological polar surface area (TPSA) is 39.2 Å². The molecule has 2 atom stereocenters. The van der Waals surface area contributed by atoms with E-state index in [-0.39, 0.29) is 11.9 Å². The van der Waals surface area contributed by atoms with Gasteiger partial charge in [-0.2, -0.15) is 0 Å². The van der Waals surface area contributed by atoms with Gasteiger partial charge in [-0.1, -0.05) is 20.3 Å². The fraction of sp³-hybridized carbons (Fsp3) is 0.385. The van der Waals surface area contributed by atoms with E-state index < -0.39 is 0 Å². The minimum absolute atomic E-state index is 0.125. The average molecular weight is 221 g/mol. The van der Waals surface area contributed by atoms with Crippen molar-refractivity contribution >= 4 is 11.0 Å². The average Bonchev–Trinajstić information content (AvgIpc) is 2.69. The zero-order chi connectivity index (χ0) is 11.7. The van der Waals surface area contributed by atoms with Crippen LogP contribution in [-0.4, -0.2) is 0 Å². The lowest BCUT2D eigenvalue weighted by Gasteiger charge is -2.15. The molecule has 0 radical (unpaired) electrons. The molecule has 0 aliphatic carbocycles. The van der Waals surface area contributed by atoms with E-state index in [1.165, 1.54) is 12.1 Å². The summed E-state index contributed by atoms with van der Waals surface area (Å²) in [6.45, 7) is 4.17. The SMILES string of the molecule is CCC(C)[C@@H](N)c1cc2ccc(F)cc2o1. The van der Waals surface area contributed by atoms with Gasteiger partial charge in [0.1, 0.15) is 17.2 Å². The first kappa shape index (κ1) is 11.1. The van der Waals surface area contributed by atoms with Gasteiger partial charge in [0.25, 0.3) is 0 Å². The summed E-state index contributed by atoms with van der Waals surface area (Å²) in [5, 5.41) is 0.898. The van der Waals surface area contributed by atoms with Crippen molar-refractivity contribution < 1.29 is 8.81 Å². The van der Waals surface area contributed by atoms with E-state index in [4.69, 9.17) is 10.2 Å². The van der Waals surface area contributed by atoms with E-state index in [1.807, 2.05) is 6.07 Å². The van der Waals surface area contributed by atoms with Crippen molar-refractivity contribution in [2.45, 2.75) is 26.3 Å². The highest BCUT2D eigenvalue weighted by Gasteiger charge is 2.17. The third-order valence-corrected chi connectivity index (χ3v) is 3.09. The van der Waals surface area contributed by atoms with Gasteiger partial charge in [0.15, 0.2) is 0 Å². The molecule has 2 aromatic rings. The number of rotatable bonds is 3. The van der Waals surface area contributed by atoms with E-state index in [9.17, 15) is 4.39 Å². The lowest BCUT2D eigenvalue weighted by atomic mass is 9.98. The first-order chi connectivity index (χ1) is 7.61. The molecule has 1 unspecified atom stereocenters. The molecule has 0 bridgehead atoms. The van der Waals surface area contributed by atoms with Crippen LogP contribution >= 0.6 is 0 Å². The molecule has 86 valence electrons. The lowest BCUT2D eigenvalue weighted by molar-refractivity contribution is 0.388. The number of hydrogen-bond donors (Lipinski definition) is 1. The molecule has 2 nitrogen and oxygen atoms in total. The van der Waals surface area contributed by atoms with Crippen LogP contribution in [0, 0.1) is 11.7 Å². The van der Waals surface area contributed by atoms with Gasteiger partial charge in [-0.15, -0.1) is 0 Å². The predicted octanol–water partition coefficient (Wildman–Crippen LogP) is 3.62. The Hall–Kier alpha value is -1.35. The maximum absolute atomic E-state index is 13.0. The number of hydrogen-bond acceptors (Lipinski definition) is 2. The summed E-state index contributed by atoms with van der Waals surface area (Å²) in [4.78, 5) is 0. The molecule has 1 aromatic carbocycles. The molecule has 0 aliphatic rings. The molecule has 0 fully saturated rings. The van der Waals surface area contributed by atoms with Crippen LogP contribution in [-0.2, 0) is 0 Å². The number of halogens is 1. The minimum Gasteiger partial charge on any atom is -0.459 e. The Kier molecular flexibility index (Phi) is 2.97. The Morgan fingerprint density at radius 3 is 2.81 bits per heavy atom. The number of fused-ring (bicyclic) bond motifs is 1. The van der Waals surface area contributed by atoms with Crippen LogP contribution in [0.15, 0.2) is 28.7 Å². The lowest BCUT2D eigenvalue weighted by Crippen LogP contribution is -2.17. The summed E-state index contributed by atoms with van der Waals surface area (Å²) in [7, 11) is 0. The van der Waals surface area contributed by atoms with Gasteiger partial charge in [0.2, 0.25) is 0 Å². The van der Waals surface area contributed by atoms with Crippen LogP contribution in [0.3, 0.4) is 0 Å². The number of nitrogens with two attached hydrogens (primary N) is 1. The van der Waals surface area contributed by atoms with Gasteiger partial charge in [-0.25, -0.2) is 4.39 Å². The van der Waals surface area contributed by atoms with Crippen LogP contribution in [0.5, 0.6) is 0 Å². The highest BCUT2D eigenvalue weighted by molar-refractivity contribution is 5.77. The van der Waals surface area contributed by atoms with Gasteiger partial charge in [0.05, 0.1) is 6.04 Å². The third kappa shape index (κ3) is 1.95. The third-order valence-electron chi connectivity index (χ3n) is 3.09. The Bertz CT molecular complexity index is 492. The van der Waals surface area contributed by atoms with E-state index in [2.05, 4.69) is 13.8 Å². The maximum Gasteiger partial charge on any atom is 0.137 e. The molecular weight excluding hydrogens is 205 g/mol. The summed E-state index contributed by atoms with van der Waals surface area (Å²) < 4.78 is 18.5. The highest BCUT2D eigenvalue weighted by atomic mass is 19.1. The Balaban J connectivity index is 2.39. The quantitative estimate of drug-likeness (QED) is 0.859. The van der Waals surface area contributed by atoms with Gasteiger partial charge in [-0.3, -0.25) is 0 Å². The van der Waals surface area contributed by atoms with Crippen molar-refractivity contribution in [2.24, 2.45) is 11.7 Å². The Morgan fingerprint density at radius 2 is 2.12 bits per heavy atom. The van der Waals surface area contributed by atoms with Gasteiger partial charge >= 0.3 is 0 Å². The van der Waals surface area contributed by atoms with Gasteiger partial charge in [0, 0.05) is 11.5 Å². The molecule has 2 rings (SSSR count). The summed E-state index contributed by atoms with van der Waals surface area (Å²) >= 11 is 0. The van der Waals surface area contributed by atoms with E-state index in [0.717, 1.165) is 17.6 Å². The van der Waals surface area contributed by atoms with Crippen LogP contribution in [0.4, 0.5) is 4.39 Å². The first-order valence-corrected chi connectivity index (χ1v) is 5.56. The molecule has 0 saturated carbocycles. The largest absolute Gasteiger partial charge is 0.459 e. The molecular formula is C13H16FNO. The molecule has 0 saturated heterocycles. The summed E-state index contributed by atoms with van der Waals surface area (Å²) in [5.74, 6) is 0.797. The summed E-state index contributed by atoms with van der Waals surface area (Å²) in [6, 6.07) is 6.30. The molecule has 0 amide bonds. The maximum atomic E-state index is 13.0. The molecule has 16 heavy (non-hydrogen) atoms. The van der Waals surface area contributed by atoms with Crippen molar-refractivity contribution in [3.05, 3.63) is 35.8 Å². The molecule has 1 aromatic heterocycles. The van der Waals surface area contributed by atoms with Crippen molar-refractivity contribution in [3.63, 3.8) is 0 Å². The monoisotopic (exact) mass is 221 g/mol. The zero-order valence-corrected chi connectivity index (χ0v) is 9.53. The van der Waals surface area contributed by atoms with Crippen molar-refractivity contribution in [1.29, 1.82) is 0 Å². The molecule has 2 N–H and O–H groups in total. The standard InChI is InChI=1S/C13H16FNO/c1-3-8(2)13(15)12-6-9-4-5-10(14)7-11(9)16-12/h4-8,13H,3,15H2,1-2H3/t8?,13-/m1/s1. The van der Waals surface area contributed by atoms with Crippen LogP contribution in [0.25, 0.3) is 11.0 Å². The van der Waals surface area contributed by atoms with Crippen molar-refractivity contribution in [3.8, 4) is 0 Å². The van der Waals surface area contributed by atoms with E-state index in [0.29, 0.717) is 11.5 Å². The second-order valence-electron chi connectivity index (χ2n) is 4.24. The zero-order valence-electron chi connectivity index (χ0n) is 9.53. The molecule has 0 aliphatic heterocycles. The molecule has 1 heterocycles. The van der Waals surface area contributed by atoms with Gasteiger partial charge < -0.3 is 10.2 Å². The molecule has 0 spiro atoms. The second-order valence-corrected chi connectivity index (χ2v) is 4.24. The number of furan rings is 1. The summed E-state index contributed by atoms with van der Waals surface area (Å²) in [5.41, 5.74) is 6.63. The fourth-order valence-electron chi connectivity index (χ4n) is 1.72. The summed E-state index contributed by atoms with van der Waals surface area (Å²) in [6.07, 6.45) is 0.993.